The van der Waals surface area contributed by atoms with Crippen LogP contribution in [-0.2, 0) is 11.3 Å². The average molecular weight is 255 g/mol. The Bertz CT molecular complexity index is 365. The molecule has 0 aliphatic heterocycles. The quantitative estimate of drug-likeness (QED) is 0.533. The molecule has 94 valence electrons. The van der Waals surface area contributed by atoms with Crippen LogP contribution in [-0.4, -0.2) is 32.4 Å². The van der Waals surface area contributed by atoms with Gasteiger partial charge in [0.15, 0.2) is 0 Å². The van der Waals surface area contributed by atoms with Crippen molar-refractivity contribution < 1.29 is 4.79 Å². The van der Waals surface area contributed by atoms with Gasteiger partial charge in [-0.3, -0.25) is 9.48 Å². The molecule has 0 saturated carbocycles. The van der Waals surface area contributed by atoms with Gasteiger partial charge in [-0.2, -0.15) is 0 Å². The topological polar surface area (TPSA) is 85.8 Å². The maximum Gasteiger partial charge on any atom is 0.229 e. The predicted octanol–water partition coefficient (Wildman–Crippen LogP) is 0.0967. The summed E-state index contributed by atoms with van der Waals surface area (Å²) in [6.45, 7) is 3.20. The van der Waals surface area contributed by atoms with E-state index in [4.69, 9.17) is 18.0 Å². The van der Waals surface area contributed by atoms with E-state index in [1.165, 1.54) is 0 Å². The van der Waals surface area contributed by atoms with Crippen LogP contribution in [0.5, 0.6) is 0 Å². The lowest BCUT2D eigenvalue weighted by Crippen LogP contribution is -2.38. The second-order valence-corrected chi connectivity index (χ2v) is 4.15. The van der Waals surface area contributed by atoms with Gasteiger partial charge in [0.2, 0.25) is 5.91 Å². The lowest BCUT2D eigenvalue weighted by Gasteiger charge is -2.13. The van der Waals surface area contributed by atoms with Gasteiger partial charge in [-0.15, -0.1) is 5.10 Å². The number of aromatic nitrogens is 3. The number of nitrogens with one attached hydrogen (secondary N) is 1. The number of nitrogens with two attached hydrogens (primary N) is 1. The number of hydrogen-bond acceptors (Lipinski definition) is 4. The summed E-state index contributed by atoms with van der Waals surface area (Å²) in [5.41, 5.74) is 5.48. The highest BCUT2D eigenvalue weighted by Crippen LogP contribution is 2.02. The van der Waals surface area contributed by atoms with Crippen LogP contribution in [0.4, 0.5) is 0 Å². The number of carbonyl (C=O) groups excluding carboxylic acids is 1. The van der Waals surface area contributed by atoms with Gasteiger partial charge in [0.25, 0.3) is 0 Å². The molecule has 0 aliphatic rings. The molecule has 6 nitrogen and oxygen atoms in total. The minimum absolute atomic E-state index is 0.0985. The molecule has 1 amide bonds. The van der Waals surface area contributed by atoms with Gasteiger partial charge in [-0.25, -0.2) is 0 Å². The highest BCUT2D eigenvalue weighted by atomic mass is 32.1. The number of thiocarbonyl (C=S) groups is 1. The van der Waals surface area contributed by atoms with Gasteiger partial charge in [0, 0.05) is 19.3 Å². The minimum Gasteiger partial charge on any atom is -0.393 e. The third-order valence-corrected chi connectivity index (χ3v) is 2.69. The zero-order valence-electron chi connectivity index (χ0n) is 9.80. The molecule has 1 heterocycles. The molecule has 1 aromatic heterocycles. The van der Waals surface area contributed by atoms with Crippen molar-refractivity contribution in [2.24, 2.45) is 11.7 Å². The number of hydrogen-bond donors (Lipinski definition) is 2. The highest BCUT2D eigenvalue weighted by molar-refractivity contribution is 7.80. The summed E-state index contributed by atoms with van der Waals surface area (Å²) in [5.74, 6) is -0.463. The van der Waals surface area contributed by atoms with Crippen LogP contribution >= 0.6 is 12.2 Å². The second kappa shape index (κ2) is 6.95. The van der Waals surface area contributed by atoms with Crippen molar-refractivity contribution in [2.75, 3.05) is 6.54 Å². The summed E-state index contributed by atoms with van der Waals surface area (Å²) in [7, 11) is 0. The Kier molecular flexibility index (Phi) is 5.55. The molecular formula is C10H17N5OS. The van der Waals surface area contributed by atoms with Crippen molar-refractivity contribution >= 4 is 23.1 Å². The molecule has 0 spiro atoms. The standard InChI is InChI=1S/C10H17N5OS/c1-2-8(9(11)17)10(16)12-4-3-6-15-7-5-13-14-15/h5,7-8H,2-4,6H2,1H3,(H2,11,17)(H,12,16). The summed E-state index contributed by atoms with van der Waals surface area (Å²) in [4.78, 5) is 11.9. The summed E-state index contributed by atoms with van der Waals surface area (Å²) >= 11 is 4.83. The maximum atomic E-state index is 11.7. The number of carbonyl (C=O) groups is 1. The molecule has 0 radical (unpaired) electrons. The lowest BCUT2D eigenvalue weighted by atomic mass is 10.1. The molecule has 0 aliphatic carbocycles. The van der Waals surface area contributed by atoms with Gasteiger partial charge in [-0.05, 0) is 12.8 Å². The van der Waals surface area contributed by atoms with Crippen molar-refractivity contribution in [3.05, 3.63) is 12.4 Å². The van der Waals surface area contributed by atoms with Crippen molar-refractivity contribution in [1.29, 1.82) is 0 Å². The van der Waals surface area contributed by atoms with Gasteiger partial charge in [0.1, 0.15) is 0 Å². The van der Waals surface area contributed by atoms with E-state index in [0.717, 1.165) is 13.0 Å². The first-order valence-electron chi connectivity index (χ1n) is 5.56. The first-order chi connectivity index (χ1) is 8.15. The number of amides is 1. The monoisotopic (exact) mass is 255 g/mol. The fourth-order valence-electron chi connectivity index (χ4n) is 1.44. The number of aryl methyl sites for hydroxylation is 1. The fraction of sp³-hybridized carbons (Fsp3) is 0.600. The Labute approximate surface area is 106 Å². The van der Waals surface area contributed by atoms with Crippen LogP contribution in [0, 0.1) is 5.92 Å². The van der Waals surface area contributed by atoms with Crippen LogP contribution in [0.2, 0.25) is 0 Å². The molecule has 3 N–H and O–H groups in total. The van der Waals surface area contributed by atoms with E-state index < -0.39 is 0 Å². The minimum atomic E-state index is -0.364. The smallest absolute Gasteiger partial charge is 0.229 e. The van der Waals surface area contributed by atoms with Crippen LogP contribution in [0.1, 0.15) is 19.8 Å². The largest absolute Gasteiger partial charge is 0.393 e. The zero-order chi connectivity index (χ0) is 12.7. The molecule has 0 fully saturated rings. The fourth-order valence-corrected chi connectivity index (χ4v) is 1.72. The third kappa shape index (κ3) is 4.48. The van der Waals surface area contributed by atoms with E-state index in [-0.39, 0.29) is 16.8 Å². The maximum absolute atomic E-state index is 11.7. The molecule has 1 rings (SSSR count). The summed E-state index contributed by atoms with van der Waals surface area (Å²) in [6.07, 6.45) is 4.83. The summed E-state index contributed by atoms with van der Waals surface area (Å²) < 4.78 is 1.72. The van der Waals surface area contributed by atoms with Gasteiger partial charge >= 0.3 is 0 Å². The Morgan fingerprint density at radius 3 is 2.94 bits per heavy atom. The van der Waals surface area contributed by atoms with Crippen molar-refractivity contribution in [1.82, 2.24) is 20.3 Å². The lowest BCUT2D eigenvalue weighted by molar-refractivity contribution is -0.123. The average Bonchev–Trinajstić information content (AvgIpc) is 2.77. The van der Waals surface area contributed by atoms with Gasteiger partial charge in [0.05, 0.1) is 17.1 Å². The molecule has 0 aromatic carbocycles. The Morgan fingerprint density at radius 2 is 2.41 bits per heavy atom. The highest BCUT2D eigenvalue weighted by Gasteiger charge is 2.18. The summed E-state index contributed by atoms with van der Waals surface area (Å²) in [5, 5.41) is 10.3. The van der Waals surface area contributed by atoms with Crippen molar-refractivity contribution in [3.8, 4) is 0 Å². The molecular weight excluding hydrogens is 238 g/mol. The predicted molar refractivity (Wildman–Crippen MR) is 68.2 cm³/mol. The molecule has 17 heavy (non-hydrogen) atoms. The van der Waals surface area contributed by atoms with Crippen molar-refractivity contribution in [3.63, 3.8) is 0 Å². The molecule has 1 unspecified atom stereocenters. The van der Waals surface area contributed by atoms with Crippen LogP contribution in [0.25, 0.3) is 0 Å². The van der Waals surface area contributed by atoms with E-state index in [0.29, 0.717) is 13.0 Å². The van der Waals surface area contributed by atoms with Crippen LogP contribution in [0.3, 0.4) is 0 Å². The van der Waals surface area contributed by atoms with Gasteiger partial charge < -0.3 is 11.1 Å². The number of nitrogens with zero attached hydrogens (tertiary/aromatic N) is 3. The Morgan fingerprint density at radius 1 is 1.65 bits per heavy atom. The normalized spacial score (nSPS) is 12.1. The zero-order valence-corrected chi connectivity index (χ0v) is 10.6. The Hall–Kier alpha value is -1.50. The molecule has 1 aromatic rings. The molecule has 1 atom stereocenters. The van der Waals surface area contributed by atoms with Crippen LogP contribution < -0.4 is 11.1 Å². The van der Waals surface area contributed by atoms with E-state index in [1.54, 1.807) is 17.1 Å². The van der Waals surface area contributed by atoms with E-state index in [2.05, 4.69) is 15.6 Å². The first-order valence-corrected chi connectivity index (χ1v) is 5.97. The van der Waals surface area contributed by atoms with E-state index in [1.807, 2.05) is 6.92 Å². The van der Waals surface area contributed by atoms with Gasteiger partial charge in [-0.1, -0.05) is 24.4 Å². The third-order valence-electron chi connectivity index (χ3n) is 2.40. The Balaban J connectivity index is 2.22. The summed E-state index contributed by atoms with van der Waals surface area (Å²) in [6, 6.07) is 0. The van der Waals surface area contributed by atoms with E-state index >= 15 is 0 Å². The first kappa shape index (κ1) is 13.6. The molecule has 0 saturated heterocycles. The number of rotatable bonds is 7. The second-order valence-electron chi connectivity index (χ2n) is 3.67. The van der Waals surface area contributed by atoms with E-state index in [9.17, 15) is 4.79 Å². The molecule has 0 bridgehead atoms. The van der Waals surface area contributed by atoms with Crippen LogP contribution in [0.15, 0.2) is 12.4 Å². The van der Waals surface area contributed by atoms with Crippen molar-refractivity contribution in [2.45, 2.75) is 26.3 Å². The molecule has 7 heteroatoms. The SMILES string of the molecule is CCC(C(=O)NCCCn1ccnn1)C(N)=S.